The number of benzene rings is 2. The lowest BCUT2D eigenvalue weighted by atomic mass is 9.66. The van der Waals surface area contributed by atoms with Gasteiger partial charge in [-0.25, -0.2) is 0 Å². The van der Waals surface area contributed by atoms with Crippen LogP contribution < -0.4 is 23.7 Å². The van der Waals surface area contributed by atoms with Gasteiger partial charge in [-0.1, -0.05) is 0 Å². The molecule has 3 aliphatic rings. The van der Waals surface area contributed by atoms with E-state index in [4.69, 9.17) is 40.0 Å². The average molecular weight is 477 g/mol. The summed E-state index contributed by atoms with van der Waals surface area (Å²) in [6, 6.07) is 6.89. The Bertz CT molecular complexity index is 1110. The van der Waals surface area contributed by atoms with Crippen LogP contribution in [0, 0.1) is 11.8 Å². The lowest BCUT2D eigenvalue weighted by Crippen LogP contribution is -2.34. The first kappa shape index (κ1) is 21.7. The van der Waals surface area contributed by atoms with Gasteiger partial charge in [0, 0.05) is 11.8 Å². The smallest absolute Gasteiger partial charge is 0.326 e. The van der Waals surface area contributed by atoms with Crippen molar-refractivity contribution in [2.75, 3.05) is 33.5 Å². The van der Waals surface area contributed by atoms with Gasteiger partial charge in [0.15, 0.2) is 23.0 Å². The van der Waals surface area contributed by atoms with Crippen LogP contribution in [0.15, 0.2) is 24.3 Å². The minimum atomic E-state index is -0.907. The number of aliphatic hydroxyl groups excluding tert-OH is 1. The molecule has 2 aromatic rings. The molecular formula is C23H21ClO9. The fourth-order valence-corrected chi connectivity index (χ4v) is 4.91. The van der Waals surface area contributed by atoms with Crippen molar-refractivity contribution in [3.63, 3.8) is 0 Å². The third kappa shape index (κ3) is 3.43. The number of ether oxygens (including phenoxy) is 6. The first-order valence-corrected chi connectivity index (χ1v) is 10.8. The minimum absolute atomic E-state index is 0.0795. The fourth-order valence-electron chi connectivity index (χ4n) is 4.86. The van der Waals surface area contributed by atoms with Gasteiger partial charge in [-0.05, 0) is 41.0 Å². The highest BCUT2D eigenvalue weighted by molar-refractivity contribution is 6.26. The van der Waals surface area contributed by atoms with Crippen molar-refractivity contribution >= 4 is 23.5 Å². The maximum absolute atomic E-state index is 12.8. The number of rotatable bonds is 5. The normalized spacial score (nSPS) is 24.5. The van der Waals surface area contributed by atoms with Crippen LogP contribution in [0.4, 0.5) is 0 Å². The summed E-state index contributed by atoms with van der Waals surface area (Å²) in [6.07, 6.45) is -0.907. The molecule has 0 unspecified atom stereocenters. The van der Waals surface area contributed by atoms with E-state index >= 15 is 0 Å². The summed E-state index contributed by atoms with van der Waals surface area (Å²) in [5, 5.41) is 11.1. The molecule has 2 heterocycles. The van der Waals surface area contributed by atoms with Crippen LogP contribution >= 0.6 is 11.6 Å². The van der Waals surface area contributed by atoms with Gasteiger partial charge >= 0.3 is 11.9 Å². The van der Waals surface area contributed by atoms with Crippen LogP contribution in [0.1, 0.15) is 28.7 Å². The molecular weight excluding hydrogens is 456 g/mol. The van der Waals surface area contributed by atoms with Crippen molar-refractivity contribution in [3.8, 4) is 28.7 Å². The Morgan fingerprint density at radius 2 is 1.70 bits per heavy atom. The van der Waals surface area contributed by atoms with Gasteiger partial charge in [0.05, 0.1) is 32.8 Å². The highest BCUT2D eigenvalue weighted by Crippen LogP contribution is 2.55. The van der Waals surface area contributed by atoms with Crippen molar-refractivity contribution in [1.29, 1.82) is 0 Å². The third-order valence-corrected chi connectivity index (χ3v) is 6.53. The van der Waals surface area contributed by atoms with Gasteiger partial charge in [-0.2, -0.15) is 0 Å². The van der Waals surface area contributed by atoms with E-state index in [9.17, 15) is 14.7 Å². The molecule has 9 nitrogen and oxygen atoms in total. The molecule has 1 aliphatic carbocycles. The number of hydrogen-bond acceptors (Lipinski definition) is 9. The molecule has 0 radical (unpaired) electrons. The Morgan fingerprint density at radius 1 is 1.06 bits per heavy atom. The van der Waals surface area contributed by atoms with Gasteiger partial charge < -0.3 is 33.5 Å². The Labute approximate surface area is 194 Å². The maximum atomic E-state index is 12.8. The summed E-state index contributed by atoms with van der Waals surface area (Å²) in [4.78, 5) is 24.6. The van der Waals surface area contributed by atoms with Crippen LogP contribution in [0.25, 0.3) is 0 Å². The molecule has 4 atom stereocenters. The summed E-state index contributed by atoms with van der Waals surface area (Å²) in [5.74, 6) is -1.37. The SMILES string of the molecule is COc1cc([C@@H]2c3cc4c(cc3[C@@H](O)[C@H]3COC(=O)[C@H]23)OCO4)cc(OC)c1OC(=O)CCl. The van der Waals surface area contributed by atoms with E-state index in [0.717, 1.165) is 0 Å². The first-order valence-electron chi connectivity index (χ1n) is 10.3. The molecule has 5 rings (SSSR count). The highest BCUT2D eigenvalue weighted by atomic mass is 35.5. The number of halogens is 1. The number of hydrogen-bond donors (Lipinski definition) is 1. The van der Waals surface area contributed by atoms with Gasteiger partial charge in [0.1, 0.15) is 5.88 Å². The van der Waals surface area contributed by atoms with Gasteiger partial charge in [0.2, 0.25) is 12.5 Å². The monoisotopic (exact) mass is 476 g/mol. The molecule has 1 N–H and O–H groups in total. The van der Waals surface area contributed by atoms with Crippen molar-refractivity contribution in [3.05, 3.63) is 41.0 Å². The first-order chi connectivity index (χ1) is 16.0. The number of carbonyl (C=O) groups excluding carboxylic acids is 2. The van der Waals surface area contributed by atoms with E-state index in [1.54, 1.807) is 24.3 Å². The fraction of sp³-hybridized carbons (Fsp3) is 0.391. The Hall–Kier alpha value is -3.17. The lowest BCUT2D eigenvalue weighted by Gasteiger charge is -2.37. The molecule has 174 valence electrons. The Balaban J connectivity index is 1.70. The summed E-state index contributed by atoms with van der Waals surface area (Å²) in [7, 11) is 2.86. The van der Waals surface area contributed by atoms with E-state index < -0.39 is 35.8 Å². The summed E-state index contributed by atoms with van der Waals surface area (Å²) < 4.78 is 32.7. The van der Waals surface area contributed by atoms with Crippen LogP contribution in [0.3, 0.4) is 0 Å². The van der Waals surface area contributed by atoms with E-state index in [1.807, 2.05) is 0 Å². The Morgan fingerprint density at radius 3 is 2.30 bits per heavy atom. The Kier molecular flexibility index (Phi) is 5.46. The molecule has 33 heavy (non-hydrogen) atoms. The molecule has 1 fully saturated rings. The van der Waals surface area contributed by atoms with Crippen molar-refractivity contribution in [1.82, 2.24) is 0 Å². The maximum Gasteiger partial charge on any atom is 0.326 e. The third-order valence-electron chi connectivity index (χ3n) is 6.32. The van der Waals surface area contributed by atoms with Crippen LogP contribution in [-0.2, 0) is 14.3 Å². The van der Waals surface area contributed by atoms with Crippen molar-refractivity contribution in [2.45, 2.75) is 12.0 Å². The number of carbonyl (C=O) groups is 2. The van der Waals surface area contributed by atoms with Gasteiger partial charge in [0.25, 0.3) is 0 Å². The van der Waals surface area contributed by atoms with Gasteiger partial charge in [-0.3, -0.25) is 9.59 Å². The number of aliphatic hydroxyl groups is 1. The van der Waals surface area contributed by atoms with Crippen LogP contribution in [0.2, 0.25) is 0 Å². The molecule has 10 heteroatoms. The quantitative estimate of drug-likeness (QED) is 0.395. The molecule has 2 aliphatic heterocycles. The zero-order valence-electron chi connectivity index (χ0n) is 17.8. The van der Waals surface area contributed by atoms with E-state index in [2.05, 4.69) is 0 Å². The second-order valence-electron chi connectivity index (χ2n) is 7.94. The number of alkyl halides is 1. The molecule has 0 amide bonds. The molecule has 2 aromatic carbocycles. The zero-order chi connectivity index (χ0) is 23.3. The highest BCUT2D eigenvalue weighted by Gasteiger charge is 2.52. The van der Waals surface area contributed by atoms with E-state index in [0.29, 0.717) is 28.2 Å². The van der Waals surface area contributed by atoms with E-state index in [1.165, 1.54) is 14.2 Å². The summed E-state index contributed by atoms with van der Waals surface area (Å²) >= 11 is 5.59. The van der Waals surface area contributed by atoms with Crippen molar-refractivity contribution in [2.24, 2.45) is 11.8 Å². The molecule has 0 saturated carbocycles. The number of esters is 2. The molecule has 0 aromatic heterocycles. The number of methoxy groups -OCH3 is 2. The van der Waals surface area contributed by atoms with Crippen LogP contribution in [0.5, 0.6) is 28.7 Å². The largest absolute Gasteiger partial charge is 0.493 e. The van der Waals surface area contributed by atoms with Crippen LogP contribution in [-0.4, -0.2) is 50.5 Å². The van der Waals surface area contributed by atoms with E-state index in [-0.39, 0.29) is 36.5 Å². The minimum Gasteiger partial charge on any atom is -0.493 e. The number of fused-ring (bicyclic) bond motifs is 3. The lowest BCUT2D eigenvalue weighted by molar-refractivity contribution is -0.141. The molecule has 1 saturated heterocycles. The predicted octanol–water partition coefficient (Wildman–Crippen LogP) is 2.54. The predicted molar refractivity (Wildman–Crippen MR) is 113 cm³/mol. The summed E-state index contributed by atoms with van der Waals surface area (Å²) in [6.45, 7) is 0.185. The van der Waals surface area contributed by atoms with Crippen molar-refractivity contribution < 1.29 is 43.1 Å². The molecule has 0 bridgehead atoms. The number of cyclic esters (lactones) is 1. The second kappa shape index (κ2) is 8.31. The average Bonchev–Trinajstić information content (AvgIpc) is 3.45. The topological polar surface area (TPSA) is 110 Å². The van der Waals surface area contributed by atoms with Gasteiger partial charge in [-0.15, -0.1) is 11.6 Å². The molecule has 0 spiro atoms. The zero-order valence-corrected chi connectivity index (χ0v) is 18.6. The second-order valence-corrected chi connectivity index (χ2v) is 8.21. The standard InChI is InChI=1S/C23H21ClO9/c1-28-16-3-10(4-17(29-2)22(16)33-18(25)7-24)19-11-5-14-15(32-9-31-14)6-12(11)21(26)13-8-30-23(27)20(13)19/h3-6,13,19-21,26H,7-9H2,1-2H3/t13-,19+,20-,21+/m0/s1. The summed E-state index contributed by atoms with van der Waals surface area (Å²) in [5.41, 5.74) is 2.01.